The van der Waals surface area contributed by atoms with E-state index in [1.54, 1.807) is 24.2 Å². The molecule has 0 aromatic carbocycles. The Balaban J connectivity index is 2.32. The Labute approximate surface area is 89.0 Å². The van der Waals surface area contributed by atoms with Crippen molar-refractivity contribution in [2.24, 2.45) is 5.92 Å². The van der Waals surface area contributed by atoms with E-state index in [9.17, 15) is 5.11 Å². The molecule has 0 bridgehead atoms. The van der Waals surface area contributed by atoms with E-state index < -0.39 is 6.10 Å². The second-order valence-electron chi connectivity index (χ2n) is 3.62. The van der Waals surface area contributed by atoms with Crippen molar-refractivity contribution in [3.8, 4) is 0 Å². The van der Waals surface area contributed by atoms with Gasteiger partial charge in [0, 0.05) is 23.7 Å². The molecule has 0 aliphatic heterocycles. The van der Waals surface area contributed by atoms with Gasteiger partial charge in [0.05, 0.1) is 6.10 Å². The zero-order chi connectivity index (χ0) is 10.4. The lowest BCUT2D eigenvalue weighted by Gasteiger charge is -2.10. The van der Waals surface area contributed by atoms with Gasteiger partial charge in [0.1, 0.15) is 6.33 Å². The second kappa shape index (κ2) is 5.98. The third kappa shape index (κ3) is 4.07. The summed E-state index contributed by atoms with van der Waals surface area (Å²) in [6.07, 6.45) is 4.35. The summed E-state index contributed by atoms with van der Waals surface area (Å²) >= 11 is 1.76. The van der Waals surface area contributed by atoms with Crippen LogP contribution in [0.3, 0.4) is 0 Å². The standard InChI is InChI=1S/C10H16N2OS/c1-8(2)5-14-6-10(13)9-3-11-7-12-4-9/h3-4,7-8,10,13H,5-6H2,1-2H3. The lowest BCUT2D eigenvalue weighted by Crippen LogP contribution is -2.03. The lowest BCUT2D eigenvalue weighted by atomic mass is 10.2. The number of aromatic nitrogens is 2. The summed E-state index contributed by atoms with van der Waals surface area (Å²) < 4.78 is 0. The second-order valence-corrected chi connectivity index (χ2v) is 4.69. The van der Waals surface area contributed by atoms with Gasteiger partial charge in [-0.15, -0.1) is 0 Å². The molecule has 0 radical (unpaired) electrons. The van der Waals surface area contributed by atoms with Crippen LogP contribution >= 0.6 is 11.8 Å². The first-order valence-corrected chi connectivity index (χ1v) is 5.86. The van der Waals surface area contributed by atoms with E-state index in [2.05, 4.69) is 23.8 Å². The van der Waals surface area contributed by atoms with Gasteiger partial charge in [0.2, 0.25) is 0 Å². The van der Waals surface area contributed by atoms with E-state index in [0.717, 1.165) is 11.3 Å². The molecule has 1 heterocycles. The largest absolute Gasteiger partial charge is 0.387 e. The molecule has 1 aromatic heterocycles. The molecule has 0 fully saturated rings. The molecular weight excluding hydrogens is 196 g/mol. The lowest BCUT2D eigenvalue weighted by molar-refractivity contribution is 0.203. The Bertz CT molecular complexity index is 254. The van der Waals surface area contributed by atoms with Crippen molar-refractivity contribution in [3.05, 3.63) is 24.3 Å². The molecule has 1 rings (SSSR count). The summed E-state index contributed by atoms with van der Waals surface area (Å²) in [7, 11) is 0. The number of aliphatic hydroxyl groups excluding tert-OH is 1. The first kappa shape index (κ1) is 11.5. The summed E-state index contributed by atoms with van der Waals surface area (Å²) in [4.78, 5) is 7.74. The van der Waals surface area contributed by atoms with Crippen LogP contribution in [-0.4, -0.2) is 26.6 Å². The number of rotatable bonds is 5. The number of thioether (sulfide) groups is 1. The van der Waals surface area contributed by atoms with E-state index >= 15 is 0 Å². The normalized spacial score (nSPS) is 13.1. The van der Waals surface area contributed by atoms with Gasteiger partial charge in [-0.3, -0.25) is 0 Å². The van der Waals surface area contributed by atoms with Crippen molar-refractivity contribution >= 4 is 11.8 Å². The Hall–Kier alpha value is -0.610. The molecule has 0 saturated carbocycles. The zero-order valence-corrected chi connectivity index (χ0v) is 9.37. The van der Waals surface area contributed by atoms with Crippen molar-refractivity contribution in [2.75, 3.05) is 11.5 Å². The summed E-state index contributed by atoms with van der Waals surface area (Å²) in [5.41, 5.74) is 0.795. The Kier molecular flexibility index (Phi) is 4.90. The highest BCUT2D eigenvalue weighted by atomic mass is 32.2. The Morgan fingerprint density at radius 3 is 2.50 bits per heavy atom. The molecule has 0 saturated heterocycles. The van der Waals surface area contributed by atoms with Crippen molar-refractivity contribution < 1.29 is 5.11 Å². The molecule has 3 nitrogen and oxygen atoms in total. The average molecular weight is 212 g/mol. The van der Waals surface area contributed by atoms with Gasteiger partial charge >= 0.3 is 0 Å². The van der Waals surface area contributed by atoms with E-state index in [1.807, 2.05) is 0 Å². The highest BCUT2D eigenvalue weighted by Gasteiger charge is 2.07. The monoisotopic (exact) mass is 212 g/mol. The summed E-state index contributed by atoms with van der Waals surface area (Å²) in [6.45, 7) is 4.34. The number of nitrogens with zero attached hydrogens (tertiary/aromatic N) is 2. The van der Waals surface area contributed by atoms with Crippen molar-refractivity contribution in [2.45, 2.75) is 20.0 Å². The third-order valence-corrected chi connectivity index (χ3v) is 3.15. The van der Waals surface area contributed by atoms with Gasteiger partial charge in [0.25, 0.3) is 0 Å². The quantitative estimate of drug-likeness (QED) is 0.809. The van der Waals surface area contributed by atoms with Gasteiger partial charge < -0.3 is 5.11 Å². The van der Waals surface area contributed by atoms with Crippen LogP contribution < -0.4 is 0 Å². The number of hydrogen-bond acceptors (Lipinski definition) is 4. The van der Waals surface area contributed by atoms with Crippen LogP contribution in [-0.2, 0) is 0 Å². The maximum atomic E-state index is 9.73. The van der Waals surface area contributed by atoms with E-state index in [0.29, 0.717) is 11.7 Å². The minimum atomic E-state index is -0.444. The molecule has 0 amide bonds. The minimum Gasteiger partial charge on any atom is -0.387 e. The summed E-state index contributed by atoms with van der Waals surface area (Å²) in [5, 5.41) is 9.73. The predicted octanol–water partition coefficient (Wildman–Crippen LogP) is 1.90. The van der Waals surface area contributed by atoms with E-state index in [1.165, 1.54) is 6.33 Å². The van der Waals surface area contributed by atoms with Crippen LogP contribution in [0.5, 0.6) is 0 Å². The van der Waals surface area contributed by atoms with Crippen LogP contribution in [0.4, 0.5) is 0 Å². The van der Waals surface area contributed by atoms with Gasteiger partial charge in [-0.2, -0.15) is 11.8 Å². The van der Waals surface area contributed by atoms with Crippen molar-refractivity contribution in [3.63, 3.8) is 0 Å². The fourth-order valence-electron chi connectivity index (χ4n) is 0.994. The van der Waals surface area contributed by atoms with Crippen molar-refractivity contribution in [1.82, 2.24) is 9.97 Å². The zero-order valence-electron chi connectivity index (χ0n) is 8.55. The first-order valence-electron chi connectivity index (χ1n) is 4.71. The highest BCUT2D eigenvalue weighted by molar-refractivity contribution is 7.99. The average Bonchev–Trinajstić information content (AvgIpc) is 2.18. The molecule has 1 unspecified atom stereocenters. The molecule has 4 heteroatoms. The highest BCUT2D eigenvalue weighted by Crippen LogP contribution is 2.18. The summed E-state index contributed by atoms with van der Waals surface area (Å²) in [5.74, 6) is 2.45. The van der Waals surface area contributed by atoms with Gasteiger partial charge in [-0.25, -0.2) is 9.97 Å². The molecule has 0 aliphatic rings. The minimum absolute atomic E-state index is 0.444. The van der Waals surface area contributed by atoms with Gasteiger partial charge in [-0.1, -0.05) is 13.8 Å². The first-order chi connectivity index (χ1) is 6.70. The molecule has 1 aromatic rings. The third-order valence-electron chi connectivity index (χ3n) is 1.69. The van der Waals surface area contributed by atoms with Crippen LogP contribution in [0, 0.1) is 5.92 Å². The SMILES string of the molecule is CC(C)CSCC(O)c1cncnc1. The van der Waals surface area contributed by atoms with Gasteiger partial charge in [-0.05, 0) is 11.7 Å². The van der Waals surface area contributed by atoms with E-state index in [4.69, 9.17) is 0 Å². The fourth-order valence-corrected chi connectivity index (χ4v) is 2.02. The maximum absolute atomic E-state index is 9.73. The molecule has 0 spiro atoms. The Morgan fingerprint density at radius 2 is 1.93 bits per heavy atom. The number of hydrogen-bond donors (Lipinski definition) is 1. The fraction of sp³-hybridized carbons (Fsp3) is 0.600. The molecule has 78 valence electrons. The smallest absolute Gasteiger partial charge is 0.115 e. The Morgan fingerprint density at radius 1 is 1.29 bits per heavy atom. The number of aliphatic hydroxyl groups is 1. The molecule has 0 aliphatic carbocycles. The van der Waals surface area contributed by atoms with Crippen LogP contribution in [0.15, 0.2) is 18.7 Å². The molecule has 1 N–H and O–H groups in total. The predicted molar refractivity (Wildman–Crippen MR) is 59.2 cm³/mol. The molecule has 1 atom stereocenters. The van der Waals surface area contributed by atoms with Crippen LogP contribution in [0.25, 0.3) is 0 Å². The summed E-state index contributed by atoms with van der Waals surface area (Å²) in [6, 6.07) is 0. The molecular formula is C10H16N2OS. The maximum Gasteiger partial charge on any atom is 0.115 e. The van der Waals surface area contributed by atoms with E-state index in [-0.39, 0.29) is 0 Å². The van der Waals surface area contributed by atoms with Crippen LogP contribution in [0.2, 0.25) is 0 Å². The molecule has 14 heavy (non-hydrogen) atoms. The topological polar surface area (TPSA) is 46.0 Å². The van der Waals surface area contributed by atoms with Crippen LogP contribution in [0.1, 0.15) is 25.5 Å². The van der Waals surface area contributed by atoms with Gasteiger partial charge in [0.15, 0.2) is 0 Å². The van der Waals surface area contributed by atoms with Crippen molar-refractivity contribution in [1.29, 1.82) is 0 Å².